The molecule has 1 saturated heterocycles. The highest BCUT2D eigenvalue weighted by Gasteiger charge is 2.31. The van der Waals surface area contributed by atoms with Crippen molar-refractivity contribution in [1.29, 1.82) is 0 Å². The molecule has 3 heteroatoms. The molecule has 1 aromatic rings. The van der Waals surface area contributed by atoms with Crippen molar-refractivity contribution in [3.63, 3.8) is 0 Å². The minimum absolute atomic E-state index is 0.215. The molecule has 1 N–H and O–H groups in total. The minimum Gasteiger partial charge on any atom is -0.309 e. The Balaban J connectivity index is 2.12. The van der Waals surface area contributed by atoms with E-state index >= 15 is 0 Å². The molecule has 0 spiro atoms. The van der Waals surface area contributed by atoms with Crippen molar-refractivity contribution in [1.82, 2.24) is 10.2 Å². The van der Waals surface area contributed by atoms with Gasteiger partial charge in [0.1, 0.15) is 0 Å². The summed E-state index contributed by atoms with van der Waals surface area (Å²) in [5.41, 5.74) is 1.60. The molecule has 2 nitrogen and oxygen atoms in total. The summed E-state index contributed by atoms with van der Waals surface area (Å²) < 4.78 is 1.22. The Morgan fingerprint density at radius 3 is 2.78 bits per heavy atom. The Morgan fingerprint density at radius 2 is 2.11 bits per heavy atom. The Hall–Kier alpha value is -0.380. The summed E-state index contributed by atoms with van der Waals surface area (Å²) in [6.07, 6.45) is 1.20. The van der Waals surface area contributed by atoms with E-state index in [2.05, 4.69) is 71.2 Å². The Morgan fingerprint density at radius 1 is 1.39 bits per heavy atom. The van der Waals surface area contributed by atoms with E-state index in [1.165, 1.54) is 16.5 Å². The molecule has 1 unspecified atom stereocenters. The summed E-state index contributed by atoms with van der Waals surface area (Å²) in [4.78, 5) is 2.61. The van der Waals surface area contributed by atoms with Crippen LogP contribution in [0.2, 0.25) is 0 Å². The number of hydrogen-bond acceptors (Lipinski definition) is 2. The maximum Gasteiger partial charge on any atom is 0.0253 e. The standard InChI is InChI=1S/C15H23BrN2/c1-4-13-9-17-15(2,3)11-18(13)10-12-7-5-6-8-14(12)16/h5-8,13,17H,4,9-11H2,1-3H3. The molecule has 1 atom stereocenters. The van der Waals surface area contributed by atoms with E-state index in [0.29, 0.717) is 6.04 Å². The second-order valence-electron chi connectivity index (χ2n) is 5.82. The van der Waals surface area contributed by atoms with Gasteiger partial charge in [-0.1, -0.05) is 41.1 Å². The Labute approximate surface area is 119 Å². The van der Waals surface area contributed by atoms with Gasteiger partial charge in [0.25, 0.3) is 0 Å². The van der Waals surface area contributed by atoms with Gasteiger partial charge >= 0.3 is 0 Å². The van der Waals surface area contributed by atoms with Crippen molar-refractivity contribution < 1.29 is 0 Å². The van der Waals surface area contributed by atoms with Crippen molar-refractivity contribution in [3.8, 4) is 0 Å². The van der Waals surface area contributed by atoms with Gasteiger partial charge in [-0.25, -0.2) is 0 Å². The molecule has 100 valence electrons. The van der Waals surface area contributed by atoms with E-state index in [1.54, 1.807) is 0 Å². The summed E-state index contributed by atoms with van der Waals surface area (Å²) in [5.74, 6) is 0. The molecule has 1 aromatic carbocycles. The van der Waals surface area contributed by atoms with Gasteiger partial charge in [-0.3, -0.25) is 4.90 Å². The van der Waals surface area contributed by atoms with Crippen LogP contribution in [0.3, 0.4) is 0 Å². The fourth-order valence-corrected chi connectivity index (χ4v) is 3.06. The van der Waals surface area contributed by atoms with E-state index in [4.69, 9.17) is 0 Å². The molecule has 0 aromatic heterocycles. The minimum atomic E-state index is 0.215. The van der Waals surface area contributed by atoms with Crippen LogP contribution in [0.1, 0.15) is 32.8 Å². The Bertz CT molecular complexity index is 403. The van der Waals surface area contributed by atoms with Crippen LogP contribution in [-0.2, 0) is 6.54 Å². The van der Waals surface area contributed by atoms with Crippen LogP contribution in [0, 0.1) is 0 Å². The lowest BCUT2D eigenvalue weighted by molar-refractivity contribution is 0.0856. The third-order valence-corrected chi connectivity index (χ3v) is 4.51. The highest BCUT2D eigenvalue weighted by molar-refractivity contribution is 9.10. The van der Waals surface area contributed by atoms with Gasteiger partial charge in [0, 0.05) is 35.7 Å². The zero-order valence-corrected chi connectivity index (χ0v) is 13.1. The average molecular weight is 311 g/mol. The normalized spacial score (nSPS) is 24.1. The third-order valence-electron chi connectivity index (χ3n) is 3.73. The molecule has 18 heavy (non-hydrogen) atoms. The lowest BCUT2D eigenvalue weighted by atomic mass is 9.97. The monoisotopic (exact) mass is 310 g/mol. The maximum atomic E-state index is 3.65. The smallest absolute Gasteiger partial charge is 0.0253 e. The summed E-state index contributed by atoms with van der Waals surface area (Å²) in [5, 5.41) is 3.64. The van der Waals surface area contributed by atoms with Crippen LogP contribution in [0.25, 0.3) is 0 Å². The van der Waals surface area contributed by atoms with Gasteiger partial charge in [0.2, 0.25) is 0 Å². The first kappa shape index (κ1) is 14.0. The molecular formula is C15H23BrN2. The highest BCUT2D eigenvalue weighted by Crippen LogP contribution is 2.23. The molecular weight excluding hydrogens is 288 g/mol. The maximum absolute atomic E-state index is 3.65. The van der Waals surface area contributed by atoms with Crippen molar-refractivity contribution in [2.24, 2.45) is 0 Å². The number of hydrogen-bond donors (Lipinski definition) is 1. The fraction of sp³-hybridized carbons (Fsp3) is 0.600. The number of halogens is 1. The average Bonchev–Trinajstić information content (AvgIpc) is 2.31. The first-order chi connectivity index (χ1) is 8.52. The molecule has 2 rings (SSSR count). The van der Waals surface area contributed by atoms with Gasteiger partial charge in [0.15, 0.2) is 0 Å². The molecule has 0 saturated carbocycles. The van der Waals surface area contributed by atoms with Crippen LogP contribution >= 0.6 is 15.9 Å². The Kier molecular flexibility index (Phi) is 4.46. The van der Waals surface area contributed by atoms with Gasteiger partial charge in [-0.15, -0.1) is 0 Å². The third kappa shape index (κ3) is 3.34. The molecule has 0 aliphatic carbocycles. The second kappa shape index (κ2) is 5.72. The van der Waals surface area contributed by atoms with E-state index in [1.807, 2.05) is 0 Å². The van der Waals surface area contributed by atoms with Crippen LogP contribution in [0.15, 0.2) is 28.7 Å². The molecule has 1 fully saturated rings. The number of nitrogens with zero attached hydrogens (tertiary/aromatic N) is 1. The van der Waals surface area contributed by atoms with Crippen molar-refractivity contribution in [2.75, 3.05) is 13.1 Å². The molecule has 1 aliphatic heterocycles. The number of rotatable bonds is 3. The van der Waals surface area contributed by atoms with Crippen LogP contribution in [-0.4, -0.2) is 29.6 Å². The van der Waals surface area contributed by atoms with Gasteiger partial charge in [-0.2, -0.15) is 0 Å². The van der Waals surface area contributed by atoms with Crippen molar-refractivity contribution in [2.45, 2.75) is 45.3 Å². The van der Waals surface area contributed by atoms with Crippen LogP contribution in [0.5, 0.6) is 0 Å². The molecule has 0 amide bonds. The number of nitrogens with one attached hydrogen (secondary N) is 1. The summed E-state index contributed by atoms with van der Waals surface area (Å²) in [7, 11) is 0. The van der Waals surface area contributed by atoms with Crippen LogP contribution in [0.4, 0.5) is 0 Å². The largest absolute Gasteiger partial charge is 0.309 e. The summed E-state index contributed by atoms with van der Waals surface area (Å²) in [6, 6.07) is 9.18. The lowest BCUT2D eigenvalue weighted by Gasteiger charge is -2.44. The van der Waals surface area contributed by atoms with Gasteiger partial charge in [0.05, 0.1) is 0 Å². The van der Waals surface area contributed by atoms with Crippen molar-refractivity contribution >= 4 is 15.9 Å². The van der Waals surface area contributed by atoms with E-state index < -0.39 is 0 Å². The van der Waals surface area contributed by atoms with Crippen LogP contribution < -0.4 is 5.32 Å². The van der Waals surface area contributed by atoms with E-state index in [-0.39, 0.29) is 5.54 Å². The highest BCUT2D eigenvalue weighted by atomic mass is 79.9. The fourth-order valence-electron chi connectivity index (χ4n) is 2.65. The molecule has 1 heterocycles. The van der Waals surface area contributed by atoms with E-state index in [0.717, 1.165) is 19.6 Å². The summed E-state index contributed by atoms with van der Waals surface area (Å²) >= 11 is 3.65. The quantitative estimate of drug-likeness (QED) is 0.920. The number of benzene rings is 1. The lowest BCUT2D eigenvalue weighted by Crippen LogP contribution is -2.61. The number of piperazine rings is 1. The SMILES string of the molecule is CCC1CNC(C)(C)CN1Cc1ccccc1Br. The topological polar surface area (TPSA) is 15.3 Å². The van der Waals surface area contributed by atoms with Gasteiger partial charge < -0.3 is 5.32 Å². The predicted octanol–water partition coefficient (Wildman–Crippen LogP) is 3.41. The zero-order chi connectivity index (χ0) is 13.2. The molecule has 0 radical (unpaired) electrons. The first-order valence-corrected chi connectivity index (χ1v) is 7.53. The molecule has 0 bridgehead atoms. The van der Waals surface area contributed by atoms with Gasteiger partial charge in [-0.05, 0) is 31.9 Å². The second-order valence-corrected chi connectivity index (χ2v) is 6.68. The zero-order valence-electron chi connectivity index (χ0n) is 11.5. The predicted molar refractivity (Wildman–Crippen MR) is 80.7 cm³/mol. The van der Waals surface area contributed by atoms with E-state index in [9.17, 15) is 0 Å². The molecule has 1 aliphatic rings. The summed E-state index contributed by atoms with van der Waals surface area (Å²) in [6.45, 7) is 10.1. The first-order valence-electron chi connectivity index (χ1n) is 6.74. The van der Waals surface area contributed by atoms with Crippen molar-refractivity contribution in [3.05, 3.63) is 34.3 Å².